The molecule has 0 saturated carbocycles. The highest BCUT2D eigenvalue weighted by Crippen LogP contribution is 2.31. The fraction of sp³-hybridized carbons (Fsp3) is 0.286. The molecule has 0 spiro atoms. The van der Waals surface area contributed by atoms with Gasteiger partial charge in [0.15, 0.2) is 5.65 Å². The number of thiazole rings is 1. The average Bonchev–Trinajstić information content (AvgIpc) is 3.15. The Bertz CT molecular complexity index is 1760. The zero-order chi connectivity index (χ0) is 26.4. The third-order valence-electron chi connectivity index (χ3n) is 7.13. The van der Waals surface area contributed by atoms with Crippen molar-refractivity contribution in [3.63, 3.8) is 0 Å². The van der Waals surface area contributed by atoms with Gasteiger partial charge in [0.2, 0.25) is 11.6 Å². The molecule has 0 unspecified atom stereocenters. The number of aryl methyl sites for hydroxylation is 1. The molecule has 9 nitrogen and oxygen atoms in total. The van der Waals surface area contributed by atoms with Crippen LogP contribution in [0.5, 0.6) is 0 Å². The summed E-state index contributed by atoms with van der Waals surface area (Å²) in [4.78, 5) is 37.4. The number of anilines is 1. The number of carbonyl (C=O) groups is 1. The lowest BCUT2D eigenvalue weighted by molar-refractivity contribution is -0.910. The number of pyridine rings is 3. The van der Waals surface area contributed by atoms with E-state index in [0.29, 0.717) is 21.6 Å². The number of carbonyl (C=O) groups excluding carboxylic acids is 1. The molecule has 0 atom stereocenters. The summed E-state index contributed by atoms with van der Waals surface area (Å²) in [5, 5.41) is 13.4. The Morgan fingerprint density at radius 1 is 1.11 bits per heavy atom. The SMILES string of the molecule is Cc1ccc(CNC(=O)c2c(=O)c3ccc(N4CCCN(C)CC4)nc3n3c2sc2ccccc23)[n+](O)c1. The number of para-hydroxylation sites is 1. The summed E-state index contributed by atoms with van der Waals surface area (Å²) in [5.41, 5.74) is 2.59. The number of nitrogens with zero attached hydrogens (tertiary/aromatic N) is 5. The van der Waals surface area contributed by atoms with Crippen molar-refractivity contribution >= 4 is 49.1 Å². The van der Waals surface area contributed by atoms with Gasteiger partial charge in [-0.15, -0.1) is 11.3 Å². The van der Waals surface area contributed by atoms with Crippen LogP contribution in [0.4, 0.5) is 5.82 Å². The number of nitrogens with one attached hydrogen (secondary N) is 1. The molecule has 2 N–H and O–H groups in total. The van der Waals surface area contributed by atoms with Crippen molar-refractivity contribution in [2.24, 2.45) is 0 Å². The van der Waals surface area contributed by atoms with Crippen LogP contribution in [0, 0.1) is 6.92 Å². The molecule has 194 valence electrons. The van der Waals surface area contributed by atoms with Crippen molar-refractivity contribution in [1.82, 2.24) is 19.6 Å². The number of hydrogen-bond acceptors (Lipinski definition) is 7. The maximum atomic E-state index is 13.8. The van der Waals surface area contributed by atoms with Crippen molar-refractivity contribution in [1.29, 1.82) is 0 Å². The van der Waals surface area contributed by atoms with Crippen LogP contribution in [0.3, 0.4) is 0 Å². The Morgan fingerprint density at radius 3 is 2.79 bits per heavy atom. The van der Waals surface area contributed by atoms with E-state index in [9.17, 15) is 14.8 Å². The number of aromatic nitrogens is 3. The number of fused-ring (bicyclic) bond motifs is 5. The molecule has 0 bridgehead atoms. The van der Waals surface area contributed by atoms with Gasteiger partial charge in [0.1, 0.15) is 22.8 Å². The van der Waals surface area contributed by atoms with Gasteiger partial charge in [0, 0.05) is 36.0 Å². The number of likely N-dealkylation sites (N-methyl/N-ethyl adjacent to an activating group) is 1. The Morgan fingerprint density at radius 2 is 1.95 bits per heavy atom. The van der Waals surface area contributed by atoms with E-state index in [-0.39, 0.29) is 17.5 Å². The second-order valence-electron chi connectivity index (χ2n) is 9.82. The third-order valence-corrected chi connectivity index (χ3v) is 8.28. The van der Waals surface area contributed by atoms with Gasteiger partial charge in [-0.05, 0) is 57.3 Å². The van der Waals surface area contributed by atoms with Crippen molar-refractivity contribution in [2.75, 3.05) is 38.1 Å². The zero-order valence-electron chi connectivity index (χ0n) is 21.3. The Balaban J connectivity index is 1.48. The monoisotopic (exact) mass is 529 g/mol. The summed E-state index contributed by atoms with van der Waals surface area (Å²) in [6.45, 7) is 5.70. The van der Waals surface area contributed by atoms with Gasteiger partial charge in [0.05, 0.1) is 15.6 Å². The Kier molecular flexibility index (Phi) is 6.21. The minimum atomic E-state index is -0.485. The van der Waals surface area contributed by atoms with Crippen LogP contribution in [0.25, 0.3) is 26.1 Å². The fourth-order valence-corrected chi connectivity index (χ4v) is 6.23. The zero-order valence-corrected chi connectivity index (χ0v) is 22.2. The normalized spacial score (nSPS) is 14.8. The van der Waals surface area contributed by atoms with Crippen LogP contribution in [0.15, 0.2) is 59.5 Å². The predicted molar refractivity (Wildman–Crippen MR) is 148 cm³/mol. The molecule has 38 heavy (non-hydrogen) atoms. The summed E-state index contributed by atoms with van der Waals surface area (Å²) in [7, 11) is 2.13. The standard InChI is InChI=1S/C28H28N6O3S/c1-18-8-9-19(33(37)17-18)16-29-27(36)24-25(35)20-10-11-23(32-13-5-12-31(2)14-15-32)30-26(20)34-21-6-3-4-7-22(21)38-28(24)34/h3-4,6-11,17H,5,12-16H2,1-2H3,(H-,29,36,37)/p+1. The maximum Gasteiger partial charge on any atom is 0.258 e. The lowest BCUT2D eigenvalue weighted by Crippen LogP contribution is -2.39. The first-order valence-electron chi connectivity index (χ1n) is 12.7. The molecule has 4 aromatic heterocycles. The molecule has 6 rings (SSSR count). The van der Waals surface area contributed by atoms with E-state index in [4.69, 9.17) is 4.98 Å². The summed E-state index contributed by atoms with van der Waals surface area (Å²) in [6, 6.07) is 15.1. The van der Waals surface area contributed by atoms with Gasteiger partial charge in [-0.1, -0.05) is 12.1 Å². The first-order valence-corrected chi connectivity index (χ1v) is 13.5. The van der Waals surface area contributed by atoms with Crippen LogP contribution in [-0.2, 0) is 6.54 Å². The highest BCUT2D eigenvalue weighted by Gasteiger charge is 2.24. The van der Waals surface area contributed by atoms with Crippen LogP contribution >= 0.6 is 11.3 Å². The summed E-state index contributed by atoms with van der Waals surface area (Å²) >= 11 is 1.40. The van der Waals surface area contributed by atoms with Gasteiger partial charge >= 0.3 is 0 Å². The molecule has 0 radical (unpaired) electrons. The average molecular weight is 530 g/mol. The van der Waals surface area contributed by atoms with E-state index in [1.165, 1.54) is 11.3 Å². The number of hydrogen-bond donors (Lipinski definition) is 2. The summed E-state index contributed by atoms with van der Waals surface area (Å²) < 4.78 is 3.89. The molecule has 0 aliphatic carbocycles. The first kappa shape index (κ1) is 24.3. The quantitative estimate of drug-likeness (QED) is 0.275. The van der Waals surface area contributed by atoms with E-state index < -0.39 is 5.91 Å². The van der Waals surface area contributed by atoms with Gasteiger partial charge in [-0.25, -0.2) is 4.98 Å². The Labute approximate surface area is 223 Å². The fourth-order valence-electron chi connectivity index (χ4n) is 5.05. The molecule has 1 aromatic carbocycles. The molecular formula is C28H29N6O3S+. The van der Waals surface area contributed by atoms with Crippen LogP contribution in [0.1, 0.15) is 28.0 Å². The lowest BCUT2D eigenvalue weighted by Gasteiger charge is -2.22. The lowest BCUT2D eigenvalue weighted by atomic mass is 10.1. The molecule has 1 aliphatic rings. The Hall–Kier alpha value is -4.02. The molecule has 1 amide bonds. The number of amides is 1. The first-order chi connectivity index (χ1) is 18.4. The minimum absolute atomic E-state index is 0.0741. The highest BCUT2D eigenvalue weighted by atomic mass is 32.1. The van der Waals surface area contributed by atoms with Gasteiger partial charge in [-0.2, -0.15) is 0 Å². The molecule has 1 aliphatic heterocycles. The smallest absolute Gasteiger partial charge is 0.258 e. The van der Waals surface area contributed by atoms with Gasteiger partial charge in [0.25, 0.3) is 11.6 Å². The van der Waals surface area contributed by atoms with Crippen LogP contribution in [0.2, 0.25) is 0 Å². The van der Waals surface area contributed by atoms with Crippen LogP contribution in [-0.4, -0.2) is 58.6 Å². The van der Waals surface area contributed by atoms with E-state index in [0.717, 1.165) is 58.9 Å². The second-order valence-corrected chi connectivity index (χ2v) is 10.9. The second kappa shape index (κ2) is 9.70. The topological polar surface area (TPSA) is 94.1 Å². The van der Waals surface area contributed by atoms with Crippen molar-refractivity contribution < 1.29 is 14.7 Å². The van der Waals surface area contributed by atoms with Crippen molar-refractivity contribution in [3.8, 4) is 0 Å². The molecular weight excluding hydrogens is 500 g/mol. The van der Waals surface area contributed by atoms with Gasteiger partial charge < -0.3 is 15.1 Å². The number of rotatable bonds is 4. The molecule has 1 saturated heterocycles. The third kappa shape index (κ3) is 4.25. The van der Waals surface area contributed by atoms with Crippen molar-refractivity contribution in [3.05, 3.63) is 81.8 Å². The summed E-state index contributed by atoms with van der Waals surface area (Å²) in [5.74, 6) is 0.349. The molecule has 10 heteroatoms. The maximum absolute atomic E-state index is 13.8. The largest absolute Gasteiger partial charge is 0.355 e. The van der Waals surface area contributed by atoms with E-state index in [2.05, 4.69) is 22.2 Å². The van der Waals surface area contributed by atoms with Crippen LogP contribution < -0.4 is 20.4 Å². The van der Waals surface area contributed by atoms with E-state index >= 15 is 0 Å². The van der Waals surface area contributed by atoms with Crippen molar-refractivity contribution in [2.45, 2.75) is 19.9 Å². The van der Waals surface area contributed by atoms with E-state index in [1.807, 2.05) is 47.7 Å². The van der Waals surface area contributed by atoms with Gasteiger partial charge in [-0.3, -0.25) is 19.2 Å². The highest BCUT2D eigenvalue weighted by molar-refractivity contribution is 7.24. The molecule has 1 fully saturated rings. The minimum Gasteiger partial charge on any atom is -0.355 e. The van der Waals surface area contributed by atoms with E-state index in [1.54, 1.807) is 18.3 Å². The molecule has 5 aromatic rings. The number of benzene rings is 1. The summed E-state index contributed by atoms with van der Waals surface area (Å²) in [6.07, 6.45) is 2.61. The predicted octanol–water partition coefficient (Wildman–Crippen LogP) is 2.97. The molecule has 5 heterocycles.